The van der Waals surface area contributed by atoms with Gasteiger partial charge in [-0.2, -0.15) is 0 Å². The highest BCUT2D eigenvalue weighted by atomic mass is 32.1. The minimum Gasteiger partial charge on any atom is -0.399 e. The minimum absolute atomic E-state index is 0.133. The van der Waals surface area contributed by atoms with Crippen molar-refractivity contribution in [3.05, 3.63) is 65.7 Å². The van der Waals surface area contributed by atoms with Crippen molar-refractivity contribution in [2.24, 2.45) is 23.7 Å². The van der Waals surface area contributed by atoms with Crippen LogP contribution in [0.25, 0.3) is 31.3 Å². The third-order valence-corrected chi connectivity index (χ3v) is 13.2. The average molecular weight is 533 g/mol. The number of fused-ring (bicyclic) bond motifs is 7. The highest BCUT2D eigenvalue weighted by molar-refractivity contribution is 7.25. The Kier molecular flexibility index (Phi) is 4.58. The maximum atomic E-state index is 6.58. The van der Waals surface area contributed by atoms with Gasteiger partial charge in [-0.3, -0.25) is 0 Å². The Morgan fingerprint density at radius 1 is 0.744 bits per heavy atom. The molecule has 3 saturated carbocycles. The summed E-state index contributed by atoms with van der Waals surface area (Å²) in [5, 5.41) is 2.83. The Labute approximate surface area is 236 Å². The molecule has 0 N–H and O–H groups in total. The highest BCUT2D eigenvalue weighted by Gasteiger charge is 2.62. The van der Waals surface area contributed by atoms with Crippen molar-refractivity contribution in [3.63, 3.8) is 0 Å². The lowest BCUT2D eigenvalue weighted by Gasteiger charge is -2.60. The molecule has 3 bridgehead atoms. The fraction of sp³-hybridized carbons (Fsp3) is 0.486. The topological polar surface area (TPSA) is 18.5 Å². The van der Waals surface area contributed by atoms with Crippen molar-refractivity contribution in [3.8, 4) is 11.1 Å². The summed E-state index contributed by atoms with van der Waals surface area (Å²) in [5.41, 5.74) is 6.87. The van der Waals surface area contributed by atoms with E-state index in [4.69, 9.17) is 9.31 Å². The lowest BCUT2D eigenvalue weighted by molar-refractivity contribution is -0.0320. The first-order valence-corrected chi connectivity index (χ1v) is 16.0. The van der Waals surface area contributed by atoms with Gasteiger partial charge in [-0.25, -0.2) is 0 Å². The first-order chi connectivity index (χ1) is 18.8. The third kappa shape index (κ3) is 2.91. The normalized spacial score (nSPS) is 33.3. The number of hydrogen-bond donors (Lipinski definition) is 0. The summed E-state index contributed by atoms with van der Waals surface area (Å²) in [5.74, 6) is 3.27. The molecule has 39 heavy (non-hydrogen) atoms. The van der Waals surface area contributed by atoms with Crippen LogP contribution in [0, 0.1) is 23.7 Å². The number of hydrogen-bond acceptors (Lipinski definition) is 3. The molecular weight excluding hydrogens is 495 g/mol. The van der Waals surface area contributed by atoms with E-state index in [0.717, 1.165) is 23.7 Å². The summed E-state index contributed by atoms with van der Waals surface area (Å²) < 4.78 is 16.0. The maximum Gasteiger partial charge on any atom is 0.494 e. The van der Waals surface area contributed by atoms with Gasteiger partial charge in [0.05, 0.1) is 11.2 Å². The van der Waals surface area contributed by atoms with Crippen molar-refractivity contribution >= 4 is 44.1 Å². The van der Waals surface area contributed by atoms with Crippen molar-refractivity contribution < 1.29 is 9.31 Å². The van der Waals surface area contributed by atoms with Gasteiger partial charge in [-0.15, -0.1) is 11.3 Å². The van der Waals surface area contributed by atoms with Crippen LogP contribution in [0.15, 0.2) is 54.6 Å². The highest BCUT2D eigenvalue weighted by Crippen LogP contribution is 2.69. The Hall–Kier alpha value is -2.14. The van der Waals surface area contributed by atoms with Crippen LogP contribution in [0.4, 0.5) is 0 Å². The van der Waals surface area contributed by atoms with Crippen molar-refractivity contribution in [1.29, 1.82) is 0 Å². The fourth-order valence-electron chi connectivity index (χ4n) is 9.68. The molecule has 4 heteroatoms. The Bertz CT molecular complexity index is 1660. The van der Waals surface area contributed by atoms with Gasteiger partial charge < -0.3 is 9.31 Å². The predicted molar refractivity (Wildman–Crippen MR) is 163 cm³/mol. The SMILES string of the molecule is CC1(C)OB(c2ccc3c(c2)C2(c4cc5sc6ccccc6c5cc4-3)C3CCC4CCC(C3)CC42)OC1(C)C. The molecule has 1 spiro atoms. The molecule has 5 aliphatic rings. The van der Waals surface area contributed by atoms with Gasteiger partial charge in [0.2, 0.25) is 0 Å². The van der Waals surface area contributed by atoms with Crippen LogP contribution in [0.1, 0.15) is 77.3 Å². The molecule has 4 fully saturated rings. The molecule has 5 unspecified atom stereocenters. The van der Waals surface area contributed by atoms with Crippen LogP contribution < -0.4 is 5.46 Å². The summed E-state index contributed by atoms with van der Waals surface area (Å²) in [7, 11) is -0.312. The van der Waals surface area contributed by atoms with E-state index in [2.05, 4.69) is 82.3 Å². The number of thiophene rings is 1. The zero-order chi connectivity index (χ0) is 26.3. The lowest BCUT2D eigenvalue weighted by atomic mass is 9.43. The molecule has 1 aromatic heterocycles. The van der Waals surface area contributed by atoms with Crippen molar-refractivity contribution in [1.82, 2.24) is 0 Å². The Morgan fingerprint density at radius 3 is 2.36 bits per heavy atom. The van der Waals surface area contributed by atoms with E-state index in [9.17, 15) is 0 Å². The molecule has 9 rings (SSSR count). The van der Waals surface area contributed by atoms with E-state index in [-0.39, 0.29) is 23.7 Å². The van der Waals surface area contributed by atoms with Crippen LogP contribution in [0.5, 0.6) is 0 Å². The van der Waals surface area contributed by atoms with E-state index >= 15 is 0 Å². The van der Waals surface area contributed by atoms with Gasteiger partial charge in [-0.1, -0.05) is 42.8 Å². The summed E-state index contributed by atoms with van der Waals surface area (Å²) in [6.45, 7) is 8.65. The van der Waals surface area contributed by atoms with Gasteiger partial charge in [0.15, 0.2) is 0 Å². The molecule has 5 atom stereocenters. The fourth-order valence-corrected chi connectivity index (χ4v) is 10.8. The van der Waals surface area contributed by atoms with Gasteiger partial charge in [-0.05, 0) is 129 Å². The molecule has 198 valence electrons. The van der Waals surface area contributed by atoms with E-state index in [0.29, 0.717) is 0 Å². The van der Waals surface area contributed by atoms with E-state index in [1.54, 1.807) is 11.1 Å². The zero-order valence-electron chi connectivity index (χ0n) is 23.6. The summed E-state index contributed by atoms with van der Waals surface area (Å²) in [4.78, 5) is 0. The van der Waals surface area contributed by atoms with E-state index in [1.807, 2.05) is 11.3 Å². The molecule has 1 aliphatic heterocycles. The van der Waals surface area contributed by atoms with Gasteiger partial charge in [0.25, 0.3) is 0 Å². The molecule has 2 heterocycles. The summed E-state index contributed by atoms with van der Waals surface area (Å²) in [6.07, 6.45) is 8.49. The average Bonchev–Trinajstić information content (AvgIpc) is 3.47. The molecule has 0 amide bonds. The van der Waals surface area contributed by atoms with Crippen molar-refractivity contribution in [2.75, 3.05) is 0 Å². The zero-order valence-corrected chi connectivity index (χ0v) is 24.4. The number of rotatable bonds is 1. The standard InChI is InChI=1S/C35H37BO2S/c1-33(2)34(3,4)38-36(37-33)23-13-14-24-26-18-27-25-7-5-6-8-31(25)39-32(27)19-30(26)35(29(24)17-23)22-12-11-21-10-9-20(15-22)16-28(21)35/h5-8,13-14,17-22,28H,9-12,15-16H2,1-4H3. The minimum atomic E-state index is -0.330. The largest absolute Gasteiger partial charge is 0.494 e. The summed E-state index contributed by atoms with van der Waals surface area (Å²) >= 11 is 1.98. The monoisotopic (exact) mass is 532 g/mol. The first-order valence-electron chi connectivity index (χ1n) is 15.2. The number of benzene rings is 3. The van der Waals surface area contributed by atoms with Gasteiger partial charge in [0.1, 0.15) is 0 Å². The maximum absolute atomic E-state index is 6.58. The van der Waals surface area contributed by atoms with Gasteiger partial charge in [0, 0.05) is 25.6 Å². The molecule has 4 aromatic rings. The smallest absolute Gasteiger partial charge is 0.399 e. The van der Waals surface area contributed by atoms with Crippen LogP contribution in [0.3, 0.4) is 0 Å². The van der Waals surface area contributed by atoms with Gasteiger partial charge >= 0.3 is 7.12 Å². The third-order valence-electron chi connectivity index (χ3n) is 12.1. The molecule has 4 aliphatic carbocycles. The van der Waals surface area contributed by atoms with Crippen LogP contribution >= 0.6 is 11.3 Å². The first kappa shape index (κ1) is 23.6. The Balaban J connectivity index is 1.30. The molecular formula is C35H37BO2S. The summed E-state index contributed by atoms with van der Waals surface area (Å²) in [6, 6.07) is 21.4. The Morgan fingerprint density at radius 2 is 1.51 bits per heavy atom. The van der Waals surface area contributed by atoms with Crippen LogP contribution in [-0.2, 0) is 14.7 Å². The molecule has 3 aromatic carbocycles. The van der Waals surface area contributed by atoms with Crippen LogP contribution in [-0.4, -0.2) is 18.3 Å². The van der Waals surface area contributed by atoms with Crippen LogP contribution in [0.2, 0.25) is 0 Å². The lowest BCUT2D eigenvalue weighted by Crippen LogP contribution is -2.55. The second kappa shape index (κ2) is 7.57. The van der Waals surface area contributed by atoms with Crippen molar-refractivity contribution in [2.45, 2.75) is 82.8 Å². The second-order valence-corrected chi connectivity index (χ2v) is 15.4. The molecule has 0 radical (unpaired) electrons. The molecule has 2 nitrogen and oxygen atoms in total. The molecule has 1 saturated heterocycles. The predicted octanol–water partition coefficient (Wildman–Crippen LogP) is 8.47. The quantitative estimate of drug-likeness (QED) is 0.229. The van der Waals surface area contributed by atoms with E-state index < -0.39 is 0 Å². The van der Waals surface area contributed by atoms with E-state index in [1.165, 1.54) is 75.3 Å². The second-order valence-electron chi connectivity index (χ2n) is 14.3.